The molecule has 23 heavy (non-hydrogen) atoms. The second kappa shape index (κ2) is 6.51. The fourth-order valence-corrected chi connectivity index (χ4v) is 2.57. The second-order valence-corrected chi connectivity index (χ2v) is 5.19. The summed E-state index contributed by atoms with van der Waals surface area (Å²) in [5, 5.41) is 18.6. The van der Waals surface area contributed by atoms with Crippen LogP contribution in [-0.2, 0) is 23.1 Å². The van der Waals surface area contributed by atoms with Gasteiger partial charge in [-0.3, -0.25) is 14.4 Å². The van der Waals surface area contributed by atoms with Crippen LogP contribution in [0, 0.1) is 5.92 Å². The van der Waals surface area contributed by atoms with Crippen molar-refractivity contribution in [3.8, 4) is 5.75 Å². The van der Waals surface area contributed by atoms with Crippen LogP contribution < -0.4 is 10.3 Å². The number of methoxy groups -OCH3 is 1. The summed E-state index contributed by atoms with van der Waals surface area (Å²) in [6.45, 7) is 0. The maximum atomic E-state index is 11.8. The van der Waals surface area contributed by atoms with Gasteiger partial charge in [-0.25, -0.2) is 0 Å². The van der Waals surface area contributed by atoms with Gasteiger partial charge in [0.1, 0.15) is 5.75 Å². The van der Waals surface area contributed by atoms with Crippen molar-refractivity contribution >= 4 is 22.8 Å². The number of hydrogen-bond acceptors (Lipinski definition) is 4. The largest absolute Gasteiger partial charge is 0.495 e. The predicted octanol–water partition coefficient (Wildman–Crippen LogP) is 1.27. The summed E-state index contributed by atoms with van der Waals surface area (Å²) in [5.74, 6) is -3.65. The number of carbonyl (C=O) groups is 2. The molecular weight excluding hydrogens is 302 g/mol. The molecular formula is C16H17NO6. The molecule has 1 aromatic heterocycles. The molecule has 0 aliphatic heterocycles. The van der Waals surface area contributed by atoms with E-state index < -0.39 is 17.9 Å². The molecule has 7 heteroatoms. The number of ether oxygens (including phenoxy) is 1. The number of pyridine rings is 1. The first-order chi connectivity index (χ1) is 10.9. The number of aromatic nitrogens is 1. The lowest BCUT2D eigenvalue weighted by Gasteiger charge is -2.14. The van der Waals surface area contributed by atoms with Crippen molar-refractivity contribution < 1.29 is 24.5 Å². The lowest BCUT2D eigenvalue weighted by atomic mass is 9.96. The molecule has 0 radical (unpaired) electrons. The summed E-state index contributed by atoms with van der Waals surface area (Å²) in [7, 11) is 3.12. The molecule has 0 bridgehead atoms. The molecule has 0 fully saturated rings. The number of hydrogen-bond donors (Lipinski definition) is 2. The van der Waals surface area contributed by atoms with E-state index in [-0.39, 0.29) is 18.4 Å². The number of nitrogens with zero attached hydrogens (tertiary/aromatic N) is 1. The highest BCUT2D eigenvalue weighted by Crippen LogP contribution is 2.28. The molecule has 1 heterocycles. The summed E-state index contributed by atoms with van der Waals surface area (Å²) in [5.41, 5.74) is 1.17. The van der Waals surface area contributed by atoms with E-state index in [9.17, 15) is 14.4 Å². The SMILES string of the molecule is COc1ccc(CCC(C(=O)O)C(=O)O)c2ccc(=O)n(C)c12. The Labute approximate surface area is 131 Å². The smallest absolute Gasteiger partial charge is 0.317 e. The van der Waals surface area contributed by atoms with Gasteiger partial charge in [-0.2, -0.15) is 0 Å². The molecule has 0 amide bonds. The third kappa shape index (κ3) is 3.18. The number of carboxylic acids is 2. The van der Waals surface area contributed by atoms with Gasteiger partial charge in [-0.1, -0.05) is 6.07 Å². The highest BCUT2D eigenvalue weighted by molar-refractivity contribution is 5.93. The minimum Gasteiger partial charge on any atom is -0.495 e. The highest BCUT2D eigenvalue weighted by atomic mass is 16.5. The fourth-order valence-electron chi connectivity index (χ4n) is 2.57. The molecule has 0 saturated heterocycles. The number of rotatable bonds is 6. The minimum absolute atomic E-state index is 0.0328. The Morgan fingerprint density at radius 3 is 2.39 bits per heavy atom. The molecule has 0 aliphatic carbocycles. The first-order valence-electron chi connectivity index (χ1n) is 6.98. The van der Waals surface area contributed by atoms with Crippen molar-refractivity contribution in [2.45, 2.75) is 12.8 Å². The summed E-state index contributed by atoms with van der Waals surface area (Å²) < 4.78 is 6.72. The van der Waals surface area contributed by atoms with Gasteiger partial charge in [-0.05, 0) is 30.5 Å². The van der Waals surface area contributed by atoms with E-state index in [4.69, 9.17) is 14.9 Å². The van der Waals surface area contributed by atoms with Gasteiger partial charge in [-0.15, -0.1) is 0 Å². The lowest BCUT2D eigenvalue weighted by Crippen LogP contribution is -2.24. The zero-order chi connectivity index (χ0) is 17.1. The zero-order valence-electron chi connectivity index (χ0n) is 12.8. The molecule has 0 aliphatic rings. The minimum atomic E-state index is -1.46. The molecule has 122 valence electrons. The van der Waals surface area contributed by atoms with Crippen LogP contribution in [0.25, 0.3) is 10.9 Å². The highest BCUT2D eigenvalue weighted by Gasteiger charge is 2.25. The van der Waals surface area contributed by atoms with Crippen LogP contribution in [0.5, 0.6) is 5.75 Å². The summed E-state index contributed by atoms with van der Waals surface area (Å²) >= 11 is 0. The Hall–Kier alpha value is -2.83. The first-order valence-corrected chi connectivity index (χ1v) is 6.98. The van der Waals surface area contributed by atoms with Crippen molar-refractivity contribution in [1.29, 1.82) is 0 Å². The van der Waals surface area contributed by atoms with Gasteiger partial charge < -0.3 is 19.5 Å². The zero-order valence-corrected chi connectivity index (χ0v) is 12.8. The quantitative estimate of drug-likeness (QED) is 0.777. The Bertz CT molecular complexity index is 809. The number of fused-ring (bicyclic) bond motifs is 1. The van der Waals surface area contributed by atoms with Crippen molar-refractivity contribution in [1.82, 2.24) is 4.57 Å². The third-order valence-electron chi connectivity index (χ3n) is 3.85. The van der Waals surface area contributed by atoms with Crippen molar-refractivity contribution in [2.75, 3.05) is 7.11 Å². The van der Waals surface area contributed by atoms with Crippen LogP contribution >= 0.6 is 0 Å². The summed E-state index contributed by atoms with van der Waals surface area (Å²) in [4.78, 5) is 33.8. The van der Waals surface area contributed by atoms with E-state index in [0.717, 1.165) is 10.9 Å². The second-order valence-electron chi connectivity index (χ2n) is 5.19. The van der Waals surface area contributed by atoms with Gasteiger partial charge in [0.15, 0.2) is 5.92 Å². The van der Waals surface area contributed by atoms with Crippen molar-refractivity contribution in [2.24, 2.45) is 13.0 Å². The molecule has 2 N–H and O–H groups in total. The Kier molecular flexibility index (Phi) is 4.68. The van der Waals surface area contributed by atoms with Gasteiger partial charge in [0, 0.05) is 18.5 Å². The van der Waals surface area contributed by atoms with Crippen LogP contribution in [0.15, 0.2) is 29.1 Å². The molecule has 2 aromatic rings. The van der Waals surface area contributed by atoms with Gasteiger partial charge >= 0.3 is 11.9 Å². The standard InChI is InChI=1S/C16H17NO6/c1-17-13(18)8-6-10-9(4-7-12(23-2)14(10)17)3-5-11(15(19)20)16(21)22/h4,6-8,11H,3,5H2,1-2H3,(H,19,20)(H,21,22). The monoisotopic (exact) mass is 319 g/mol. The molecule has 0 atom stereocenters. The molecule has 0 unspecified atom stereocenters. The lowest BCUT2D eigenvalue weighted by molar-refractivity contribution is -0.154. The van der Waals surface area contributed by atoms with E-state index >= 15 is 0 Å². The number of aryl methyl sites for hydroxylation is 2. The molecule has 1 aromatic carbocycles. The average Bonchev–Trinajstić information content (AvgIpc) is 2.50. The van der Waals surface area contributed by atoms with Crippen molar-refractivity contribution in [3.63, 3.8) is 0 Å². The van der Waals surface area contributed by atoms with E-state index in [1.165, 1.54) is 17.7 Å². The number of benzene rings is 1. The van der Waals surface area contributed by atoms with Crippen LogP contribution in [0.2, 0.25) is 0 Å². The molecule has 0 saturated carbocycles. The fraction of sp³-hybridized carbons (Fsp3) is 0.312. The van der Waals surface area contributed by atoms with E-state index in [2.05, 4.69) is 0 Å². The molecule has 2 rings (SSSR count). The average molecular weight is 319 g/mol. The third-order valence-corrected chi connectivity index (χ3v) is 3.85. The first kappa shape index (κ1) is 16.5. The predicted molar refractivity (Wildman–Crippen MR) is 82.8 cm³/mol. The van der Waals surface area contributed by atoms with Crippen LogP contribution in [0.1, 0.15) is 12.0 Å². The van der Waals surface area contributed by atoms with E-state index in [0.29, 0.717) is 11.3 Å². The molecule has 0 spiro atoms. The van der Waals surface area contributed by atoms with Crippen LogP contribution in [0.4, 0.5) is 0 Å². The summed E-state index contributed by atoms with van der Waals surface area (Å²) in [6, 6.07) is 6.50. The Balaban J connectivity index is 2.47. The Morgan fingerprint density at radius 2 is 1.83 bits per heavy atom. The summed E-state index contributed by atoms with van der Waals surface area (Å²) in [6.07, 6.45) is 0.233. The number of aliphatic carboxylic acids is 2. The molecule has 7 nitrogen and oxygen atoms in total. The maximum Gasteiger partial charge on any atom is 0.317 e. The van der Waals surface area contributed by atoms with Crippen LogP contribution in [-0.4, -0.2) is 33.8 Å². The topological polar surface area (TPSA) is 106 Å². The normalized spacial score (nSPS) is 10.9. The number of carboxylic acid groups (broad SMARTS) is 2. The van der Waals surface area contributed by atoms with Crippen molar-refractivity contribution in [3.05, 3.63) is 40.2 Å². The Morgan fingerprint density at radius 1 is 1.17 bits per heavy atom. The van der Waals surface area contributed by atoms with E-state index in [1.54, 1.807) is 25.2 Å². The van der Waals surface area contributed by atoms with Crippen LogP contribution in [0.3, 0.4) is 0 Å². The van der Waals surface area contributed by atoms with Gasteiger partial charge in [0.05, 0.1) is 12.6 Å². The van der Waals surface area contributed by atoms with E-state index in [1.807, 2.05) is 0 Å². The van der Waals surface area contributed by atoms with Gasteiger partial charge in [0.2, 0.25) is 0 Å². The maximum absolute atomic E-state index is 11.8. The van der Waals surface area contributed by atoms with Gasteiger partial charge in [0.25, 0.3) is 5.56 Å².